The van der Waals surface area contributed by atoms with E-state index in [4.69, 9.17) is 33.2 Å². The van der Waals surface area contributed by atoms with Crippen LogP contribution in [0.3, 0.4) is 0 Å². The minimum atomic E-state index is -0.692. The maximum Gasteiger partial charge on any atom is 0.142 e. The van der Waals surface area contributed by atoms with Gasteiger partial charge in [0.2, 0.25) is 0 Å². The van der Waals surface area contributed by atoms with Crippen molar-refractivity contribution >= 4 is 5.69 Å². The van der Waals surface area contributed by atoms with Crippen molar-refractivity contribution in [1.29, 1.82) is 0 Å². The molecule has 0 bridgehead atoms. The molecule has 0 aromatic heterocycles. The Morgan fingerprint density at radius 2 is 1.71 bits per heavy atom. The summed E-state index contributed by atoms with van der Waals surface area (Å²) in [7, 11) is 4.96. The van der Waals surface area contributed by atoms with Crippen molar-refractivity contribution in [2.45, 2.75) is 37.3 Å². The van der Waals surface area contributed by atoms with E-state index < -0.39 is 6.10 Å². The van der Waals surface area contributed by atoms with Crippen molar-refractivity contribution < 1.29 is 38.3 Å². The molecule has 1 fully saturated rings. The Kier molecular flexibility index (Phi) is 13.0. The molecule has 10 heteroatoms. The van der Waals surface area contributed by atoms with Crippen LogP contribution in [0.1, 0.15) is 23.5 Å². The number of fused-ring (bicyclic) bond motifs is 1. The summed E-state index contributed by atoms with van der Waals surface area (Å²) in [6.45, 7) is 6.43. The number of methoxy groups -OCH3 is 3. The SMILES string of the molecule is COCCCN1CCOc2ccc(CO[C@H]3CNC[C@@H](OC[C@H](O)COC)[C@@H]3c3ccc(OCCOC)cc3)cc21. The third-order valence-electron chi connectivity index (χ3n) is 7.40. The lowest BCUT2D eigenvalue weighted by atomic mass is 9.85. The zero-order valence-electron chi connectivity index (χ0n) is 24.6. The number of nitrogens with zero attached hydrogens (tertiary/aromatic N) is 1. The standard InChI is InChI=1S/C31H46N2O8/c1-35-13-4-11-33-12-14-39-28-10-5-23(17-27(28)33)20-40-29-18-32-19-30(41-22-25(34)21-37-3)31(29)24-6-8-26(9-7-24)38-16-15-36-2/h5-10,17,25,29-32,34H,4,11-16,18-22H2,1-3H3/t25-,29+,30-,31-/m1/s1. The molecule has 1 saturated heterocycles. The lowest BCUT2D eigenvalue weighted by molar-refractivity contribution is -0.0856. The Bertz CT molecular complexity index is 1020. The first-order valence-corrected chi connectivity index (χ1v) is 14.4. The Morgan fingerprint density at radius 3 is 2.46 bits per heavy atom. The molecule has 10 nitrogen and oxygen atoms in total. The number of nitrogens with one attached hydrogen (secondary N) is 1. The number of anilines is 1. The number of piperidine rings is 1. The first-order valence-electron chi connectivity index (χ1n) is 14.4. The number of hydrogen-bond donors (Lipinski definition) is 2. The molecule has 0 amide bonds. The van der Waals surface area contributed by atoms with Crippen LogP contribution in [0.4, 0.5) is 5.69 Å². The normalized spacial score (nSPS) is 21.3. The lowest BCUT2D eigenvalue weighted by Crippen LogP contribution is -2.51. The van der Waals surface area contributed by atoms with E-state index in [2.05, 4.69) is 34.5 Å². The van der Waals surface area contributed by atoms with Crippen LogP contribution < -0.4 is 19.7 Å². The van der Waals surface area contributed by atoms with Crippen molar-refractivity contribution in [2.24, 2.45) is 0 Å². The van der Waals surface area contributed by atoms with Gasteiger partial charge in [-0.3, -0.25) is 0 Å². The molecular formula is C31H46N2O8. The third kappa shape index (κ3) is 9.27. The molecule has 2 heterocycles. The Hall–Kier alpha value is -2.44. The molecule has 0 aliphatic carbocycles. The van der Waals surface area contributed by atoms with E-state index in [0.29, 0.717) is 39.5 Å². The second-order valence-corrected chi connectivity index (χ2v) is 10.4. The van der Waals surface area contributed by atoms with Crippen molar-refractivity contribution in [1.82, 2.24) is 5.32 Å². The van der Waals surface area contributed by atoms with Gasteiger partial charge in [-0.25, -0.2) is 0 Å². The lowest BCUT2D eigenvalue weighted by Gasteiger charge is -2.39. The Labute approximate surface area is 243 Å². The predicted molar refractivity (Wildman–Crippen MR) is 156 cm³/mol. The fourth-order valence-corrected chi connectivity index (χ4v) is 5.36. The quantitative estimate of drug-likeness (QED) is 0.274. The topological polar surface area (TPSA) is 100 Å². The van der Waals surface area contributed by atoms with Gasteiger partial charge in [-0.15, -0.1) is 0 Å². The third-order valence-corrected chi connectivity index (χ3v) is 7.40. The Balaban J connectivity index is 1.47. The largest absolute Gasteiger partial charge is 0.491 e. The van der Waals surface area contributed by atoms with Crippen LogP contribution in [0.25, 0.3) is 0 Å². The van der Waals surface area contributed by atoms with Crippen molar-refractivity contribution in [2.75, 3.05) is 92.0 Å². The van der Waals surface area contributed by atoms with Crippen LogP contribution in [0, 0.1) is 0 Å². The van der Waals surface area contributed by atoms with Gasteiger partial charge >= 0.3 is 0 Å². The predicted octanol–water partition coefficient (Wildman–Crippen LogP) is 2.61. The first kappa shape index (κ1) is 31.5. The van der Waals surface area contributed by atoms with E-state index in [1.54, 1.807) is 21.3 Å². The van der Waals surface area contributed by atoms with Crippen molar-refractivity contribution in [3.05, 3.63) is 53.6 Å². The maximum absolute atomic E-state index is 10.2. The van der Waals surface area contributed by atoms with Crippen LogP contribution in [-0.2, 0) is 30.3 Å². The van der Waals surface area contributed by atoms with Gasteiger partial charge in [0.25, 0.3) is 0 Å². The monoisotopic (exact) mass is 574 g/mol. The average molecular weight is 575 g/mol. The highest BCUT2D eigenvalue weighted by molar-refractivity contribution is 5.61. The van der Waals surface area contributed by atoms with E-state index >= 15 is 0 Å². The summed E-state index contributed by atoms with van der Waals surface area (Å²) in [4.78, 5) is 2.36. The van der Waals surface area contributed by atoms with Gasteiger partial charge in [-0.05, 0) is 41.8 Å². The molecule has 41 heavy (non-hydrogen) atoms. The molecule has 228 valence electrons. The zero-order valence-corrected chi connectivity index (χ0v) is 24.6. The van der Waals surface area contributed by atoms with Crippen LogP contribution in [0.2, 0.25) is 0 Å². The molecule has 2 aromatic rings. The maximum atomic E-state index is 10.2. The number of ether oxygens (including phenoxy) is 7. The summed E-state index contributed by atoms with van der Waals surface area (Å²) in [5.41, 5.74) is 3.29. The number of rotatable bonds is 17. The van der Waals surface area contributed by atoms with Crippen molar-refractivity contribution in [3.63, 3.8) is 0 Å². The summed E-state index contributed by atoms with van der Waals surface area (Å²) in [6.07, 6.45) is -0.0570. The molecule has 4 atom stereocenters. The number of hydrogen-bond acceptors (Lipinski definition) is 10. The average Bonchev–Trinajstić information content (AvgIpc) is 3.00. The fourth-order valence-electron chi connectivity index (χ4n) is 5.36. The smallest absolute Gasteiger partial charge is 0.142 e. The summed E-state index contributed by atoms with van der Waals surface area (Å²) in [6, 6.07) is 14.4. The molecule has 0 spiro atoms. The number of aliphatic hydroxyl groups excluding tert-OH is 1. The minimum absolute atomic E-state index is 0.0366. The molecule has 2 N–H and O–H groups in total. The van der Waals surface area contributed by atoms with Crippen LogP contribution >= 0.6 is 0 Å². The minimum Gasteiger partial charge on any atom is -0.491 e. The van der Waals surface area contributed by atoms with Crippen LogP contribution in [-0.4, -0.2) is 111 Å². The second kappa shape index (κ2) is 16.9. The van der Waals surface area contributed by atoms with Gasteiger partial charge in [0.1, 0.15) is 30.8 Å². The van der Waals surface area contributed by atoms with Gasteiger partial charge in [0.05, 0.1) is 50.9 Å². The fraction of sp³-hybridized carbons (Fsp3) is 0.613. The van der Waals surface area contributed by atoms with E-state index in [1.807, 2.05) is 18.2 Å². The van der Waals surface area contributed by atoms with Gasteiger partial charge < -0.3 is 48.5 Å². The van der Waals surface area contributed by atoms with Crippen molar-refractivity contribution in [3.8, 4) is 11.5 Å². The van der Waals surface area contributed by atoms with E-state index in [1.165, 1.54) is 0 Å². The molecule has 4 rings (SSSR count). The van der Waals surface area contributed by atoms with Gasteiger partial charge in [-0.1, -0.05) is 18.2 Å². The second-order valence-electron chi connectivity index (χ2n) is 10.4. The zero-order chi connectivity index (χ0) is 28.9. The van der Waals surface area contributed by atoms with Gasteiger partial charge in [0.15, 0.2) is 0 Å². The van der Waals surface area contributed by atoms with Crippen LogP contribution in [0.5, 0.6) is 11.5 Å². The summed E-state index contributed by atoms with van der Waals surface area (Å²) in [5.74, 6) is 1.66. The highest BCUT2D eigenvalue weighted by Crippen LogP contribution is 2.35. The van der Waals surface area contributed by atoms with E-state index in [-0.39, 0.29) is 31.3 Å². The Morgan fingerprint density at radius 1 is 0.927 bits per heavy atom. The van der Waals surface area contributed by atoms with Gasteiger partial charge in [0, 0.05) is 53.5 Å². The molecular weight excluding hydrogens is 528 g/mol. The molecule has 2 aliphatic heterocycles. The molecule has 0 saturated carbocycles. The highest BCUT2D eigenvalue weighted by atomic mass is 16.5. The van der Waals surface area contributed by atoms with E-state index in [0.717, 1.165) is 54.4 Å². The summed E-state index contributed by atoms with van der Waals surface area (Å²) < 4.78 is 39.9. The molecule has 0 radical (unpaired) electrons. The number of aliphatic hydroxyl groups is 1. The summed E-state index contributed by atoms with van der Waals surface area (Å²) in [5, 5.41) is 13.7. The number of benzene rings is 2. The van der Waals surface area contributed by atoms with Crippen LogP contribution in [0.15, 0.2) is 42.5 Å². The van der Waals surface area contributed by atoms with Gasteiger partial charge in [-0.2, -0.15) is 0 Å². The highest BCUT2D eigenvalue weighted by Gasteiger charge is 2.36. The molecule has 0 unspecified atom stereocenters. The first-order chi connectivity index (χ1) is 20.1. The molecule has 2 aliphatic rings. The molecule has 2 aromatic carbocycles. The summed E-state index contributed by atoms with van der Waals surface area (Å²) >= 11 is 0. The van der Waals surface area contributed by atoms with E-state index in [9.17, 15) is 5.11 Å².